The quantitative estimate of drug-likeness (QED) is 0.860. The summed E-state index contributed by atoms with van der Waals surface area (Å²) in [5, 5.41) is 3.41. The molecule has 0 saturated carbocycles. The van der Waals surface area contributed by atoms with Crippen molar-refractivity contribution in [2.75, 3.05) is 7.05 Å². The lowest BCUT2D eigenvalue weighted by Crippen LogP contribution is -2.16. The van der Waals surface area contributed by atoms with E-state index < -0.39 is 0 Å². The van der Waals surface area contributed by atoms with Crippen LogP contribution in [0.15, 0.2) is 34.8 Å². The van der Waals surface area contributed by atoms with Crippen LogP contribution in [-0.2, 0) is 6.42 Å². The van der Waals surface area contributed by atoms with E-state index in [0.717, 1.165) is 6.42 Å². The molecule has 1 nitrogen and oxygen atoms in total. The van der Waals surface area contributed by atoms with Gasteiger partial charge in [-0.3, -0.25) is 0 Å². The second-order valence-corrected chi connectivity index (χ2v) is 6.44. The fourth-order valence-corrected chi connectivity index (χ4v) is 3.49. The molecule has 18 heavy (non-hydrogen) atoms. The van der Waals surface area contributed by atoms with Crippen LogP contribution in [0, 0.1) is 6.92 Å². The molecule has 0 amide bonds. The molecule has 2 aromatic rings. The highest BCUT2D eigenvalue weighted by Gasteiger charge is 2.14. The Bertz CT molecular complexity index is 533. The molecule has 0 aliphatic carbocycles. The Morgan fingerprint density at radius 2 is 2.06 bits per heavy atom. The summed E-state index contributed by atoms with van der Waals surface area (Å²) in [6.07, 6.45) is 1.11. The molecule has 96 valence electrons. The highest BCUT2D eigenvalue weighted by Crippen LogP contribution is 2.30. The van der Waals surface area contributed by atoms with Gasteiger partial charge in [-0.25, -0.2) is 0 Å². The van der Waals surface area contributed by atoms with E-state index in [1.54, 1.807) is 0 Å². The number of halogens is 1. The molecule has 0 aliphatic rings. The summed E-state index contributed by atoms with van der Waals surface area (Å²) in [4.78, 5) is 2.82. The Labute approximate surface area is 121 Å². The summed E-state index contributed by atoms with van der Waals surface area (Å²) in [6, 6.07) is 11.3. The average Bonchev–Trinajstić information content (AvgIpc) is 2.83. The van der Waals surface area contributed by atoms with Crippen molar-refractivity contribution >= 4 is 27.3 Å². The van der Waals surface area contributed by atoms with Gasteiger partial charge < -0.3 is 5.32 Å². The third kappa shape index (κ3) is 2.85. The Morgan fingerprint density at radius 3 is 2.61 bits per heavy atom. The van der Waals surface area contributed by atoms with E-state index in [1.807, 2.05) is 18.4 Å². The molecule has 1 aromatic carbocycles. The summed E-state index contributed by atoms with van der Waals surface area (Å²) in [6.45, 7) is 4.31. The van der Waals surface area contributed by atoms with Crippen LogP contribution in [0.25, 0.3) is 0 Å². The van der Waals surface area contributed by atoms with E-state index >= 15 is 0 Å². The van der Waals surface area contributed by atoms with E-state index in [-0.39, 0.29) is 6.04 Å². The van der Waals surface area contributed by atoms with Gasteiger partial charge in [0, 0.05) is 14.2 Å². The molecule has 0 radical (unpaired) electrons. The predicted octanol–water partition coefficient (Wildman–Crippen LogP) is 4.69. The van der Waals surface area contributed by atoms with Gasteiger partial charge in [-0.15, -0.1) is 11.3 Å². The number of benzene rings is 1. The summed E-state index contributed by atoms with van der Waals surface area (Å²) in [5.74, 6) is 0. The zero-order valence-electron chi connectivity index (χ0n) is 11.0. The number of rotatable bonds is 4. The molecule has 1 atom stereocenters. The van der Waals surface area contributed by atoms with Crippen molar-refractivity contribution < 1.29 is 0 Å². The first-order valence-corrected chi connectivity index (χ1v) is 7.78. The highest BCUT2D eigenvalue weighted by atomic mass is 79.9. The second kappa shape index (κ2) is 6.00. The van der Waals surface area contributed by atoms with E-state index in [9.17, 15) is 0 Å². The number of aryl methyl sites for hydroxylation is 2. The van der Waals surface area contributed by atoms with Crippen molar-refractivity contribution in [2.24, 2.45) is 0 Å². The van der Waals surface area contributed by atoms with E-state index in [4.69, 9.17) is 0 Å². The zero-order valence-corrected chi connectivity index (χ0v) is 13.4. The monoisotopic (exact) mass is 323 g/mol. The number of hydrogen-bond donors (Lipinski definition) is 1. The normalized spacial score (nSPS) is 12.7. The summed E-state index contributed by atoms with van der Waals surface area (Å²) in [5.41, 5.74) is 2.58. The molecule has 0 saturated heterocycles. The van der Waals surface area contributed by atoms with Crippen LogP contribution < -0.4 is 5.32 Å². The Kier molecular flexibility index (Phi) is 4.60. The average molecular weight is 324 g/mol. The number of hydrogen-bond acceptors (Lipinski definition) is 2. The standard InChI is InChI=1S/C15H18BrNS/c1-4-12-7-8-14(18-12)15(17-3)11-6-5-10(2)13(16)9-11/h5-9,15,17H,4H2,1-3H3. The Hall–Kier alpha value is -0.640. The summed E-state index contributed by atoms with van der Waals surface area (Å²) < 4.78 is 1.17. The van der Waals surface area contributed by atoms with Gasteiger partial charge in [-0.1, -0.05) is 35.0 Å². The molecule has 0 aliphatic heterocycles. The van der Waals surface area contributed by atoms with Gasteiger partial charge in [0.25, 0.3) is 0 Å². The first-order chi connectivity index (χ1) is 8.65. The lowest BCUT2D eigenvalue weighted by Gasteiger charge is -2.16. The van der Waals surface area contributed by atoms with Gasteiger partial charge in [0.05, 0.1) is 6.04 Å². The molecular formula is C15H18BrNS. The largest absolute Gasteiger partial charge is 0.309 e. The Morgan fingerprint density at radius 1 is 1.28 bits per heavy atom. The van der Waals surface area contributed by atoms with Crippen LogP contribution in [0.3, 0.4) is 0 Å². The maximum atomic E-state index is 3.61. The van der Waals surface area contributed by atoms with Crippen LogP contribution in [0.1, 0.15) is 33.8 Å². The smallest absolute Gasteiger partial charge is 0.0669 e. The van der Waals surface area contributed by atoms with Crippen LogP contribution >= 0.6 is 27.3 Å². The minimum Gasteiger partial charge on any atom is -0.309 e. The number of nitrogens with one attached hydrogen (secondary N) is 1. The van der Waals surface area contributed by atoms with Crippen LogP contribution in [0.5, 0.6) is 0 Å². The van der Waals surface area contributed by atoms with E-state index in [2.05, 4.69) is 65.4 Å². The summed E-state index contributed by atoms with van der Waals surface area (Å²) >= 11 is 5.50. The van der Waals surface area contributed by atoms with E-state index in [1.165, 1.54) is 25.4 Å². The molecule has 1 heterocycles. The van der Waals surface area contributed by atoms with Crippen molar-refractivity contribution in [1.82, 2.24) is 5.32 Å². The van der Waals surface area contributed by atoms with Crippen molar-refractivity contribution in [1.29, 1.82) is 0 Å². The van der Waals surface area contributed by atoms with Crippen LogP contribution in [0.2, 0.25) is 0 Å². The molecule has 3 heteroatoms. The molecule has 1 aromatic heterocycles. The maximum absolute atomic E-state index is 3.61. The maximum Gasteiger partial charge on any atom is 0.0669 e. The van der Waals surface area contributed by atoms with Gasteiger partial charge in [0.1, 0.15) is 0 Å². The fourth-order valence-electron chi connectivity index (χ4n) is 2.00. The fraction of sp³-hybridized carbons (Fsp3) is 0.333. The SMILES string of the molecule is CCc1ccc(C(NC)c2ccc(C)c(Br)c2)s1. The van der Waals surface area contributed by atoms with E-state index in [0.29, 0.717) is 0 Å². The minimum atomic E-state index is 0.284. The molecule has 0 fully saturated rings. The third-order valence-electron chi connectivity index (χ3n) is 3.13. The van der Waals surface area contributed by atoms with Gasteiger partial charge in [0.2, 0.25) is 0 Å². The number of thiophene rings is 1. The van der Waals surface area contributed by atoms with Crippen LogP contribution in [0.4, 0.5) is 0 Å². The molecule has 0 spiro atoms. The highest BCUT2D eigenvalue weighted by molar-refractivity contribution is 9.10. The first-order valence-electron chi connectivity index (χ1n) is 6.17. The van der Waals surface area contributed by atoms with Gasteiger partial charge in [0.15, 0.2) is 0 Å². The molecule has 2 rings (SSSR count). The van der Waals surface area contributed by atoms with Gasteiger partial charge in [-0.05, 0) is 49.7 Å². The van der Waals surface area contributed by atoms with Gasteiger partial charge >= 0.3 is 0 Å². The molecule has 0 bridgehead atoms. The van der Waals surface area contributed by atoms with Crippen molar-refractivity contribution in [3.8, 4) is 0 Å². The second-order valence-electron chi connectivity index (χ2n) is 4.39. The third-order valence-corrected chi connectivity index (χ3v) is 5.28. The van der Waals surface area contributed by atoms with Crippen molar-refractivity contribution in [2.45, 2.75) is 26.3 Å². The topological polar surface area (TPSA) is 12.0 Å². The summed E-state index contributed by atoms with van der Waals surface area (Å²) in [7, 11) is 2.02. The van der Waals surface area contributed by atoms with Crippen molar-refractivity contribution in [3.63, 3.8) is 0 Å². The zero-order chi connectivity index (χ0) is 13.1. The molecule has 1 N–H and O–H groups in total. The minimum absolute atomic E-state index is 0.284. The first kappa shape index (κ1) is 13.8. The van der Waals surface area contributed by atoms with Gasteiger partial charge in [-0.2, -0.15) is 0 Å². The lowest BCUT2D eigenvalue weighted by molar-refractivity contribution is 0.703. The Balaban J connectivity index is 2.35. The predicted molar refractivity (Wildman–Crippen MR) is 83.5 cm³/mol. The molecule has 1 unspecified atom stereocenters. The molecular weight excluding hydrogens is 306 g/mol. The lowest BCUT2D eigenvalue weighted by atomic mass is 10.0. The van der Waals surface area contributed by atoms with Crippen molar-refractivity contribution in [3.05, 3.63) is 55.7 Å². The van der Waals surface area contributed by atoms with Crippen LogP contribution in [-0.4, -0.2) is 7.05 Å².